The molecule has 0 spiro atoms. The molecule has 1 saturated heterocycles. The van der Waals surface area contributed by atoms with E-state index in [1.54, 1.807) is 18.8 Å². The Hall–Kier alpha value is -1.32. The second-order valence-corrected chi connectivity index (χ2v) is 7.82. The highest BCUT2D eigenvalue weighted by molar-refractivity contribution is 8.00. The molecule has 116 valence electrons. The van der Waals surface area contributed by atoms with E-state index in [9.17, 15) is 18.5 Å². The van der Waals surface area contributed by atoms with Gasteiger partial charge in [0, 0.05) is 30.6 Å². The number of nitrogens with one attached hydrogen (secondary N) is 2. The van der Waals surface area contributed by atoms with Crippen molar-refractivity contribution in [1.82, 2.24) is 4.72 Å². The van der Waals surface area contributed by atoms with E-state index in [4.69, 9.17) is 0 Å². The van der Waals surface area contributed by atoms with Gasteiger partial charge in [-0.05, 0) is 30.7 Å². The van der Waals surface area contributed by atoms with E-state index in [2.05, 4.69) is 10.0 Å². The van der Waals surface area contributed by atoms with Gasteiger partial charge in [0.1, 0.15) is 0 Å². The Morgan fingerprint density at radius 2 is 2.24 bits per heavy atom. The van der Waals surface area contributed by atoms with Crippen molar-refractivity contribution >= 4 is 33.2 Å². The second kappa shape index (κ2) is 6.63. The number of benzene rings is 1. The molecule has 0 aliphatic carbocycles. The molecule has 1 unspecified atom stereocenters. The van der Waals surface area contributed by atoms with Crippen molar-refractivity contribution in [2.75, 3.05) is 24.7 Å². The molecule has 2 rings (SSSR count). The minimum absolute atomic E-state index is 0.246. The molecule has 1 aliphatic heterocycles. The first kappa shape index (κ1) is 16.1. The van der Waals surface area contributed by atoms with E-state index in [0.29, 0.717) is 12.2 Å². The Morgan fingerprint density at radius 3 is 2.81 bits per heavy atom. The number of thioether (sulfide) groups is 1. The molecule has 1 heterocycles. The predicted octanol–water partition coefficient (Wildman–Crippen LogP) is 1.81. The normalized spacial score (nSPS) is 18.6. The Bertz CT molecular complexity index is 627. The highest BCUT2D eigenvalue weighted by atomic mass is 32.2. The number of hydrogen-bond acceptors (Lipinski definition) is 6. The van der Waals surface area contributed by atoms with Gasteiger partial charge in [0.05, 0.1) is 4.92 Å². The number of nitrogens with zero attached hydrogens (tertiary/aromatic N) is 1. The summed E-state index contributed by atoms with van der Waals surface area (Å²) in [6.07, 6.45) is 2.04. The number of hydrogen-bond donors (Lipinski definition) is 2. The highest BCUT2D eigenvalue weighted by Crippen LogP contribution is 2.28. The molecule has 0 radical (unpaired) electrons. The fourth-order valence-electron chi connectivity index (χ4n) is 2.13. The summed E-state index contributed by atoms with van der Waals surface area (Å²) in [7, 11) is -2.27. The molecule has 1 fully saturated rings. The third kappa shape index (κ3) is 3.86. The number of nitro benzene ring substituents is 1. The molecule has 0 aromatic heterocycles. The van der Waals surface area contributed by atoms with Gasteiger partial charge in [-0.15, -0.1) is 0 Å². The largest absolute Gasteiger partial charge is 0.388 e. The van der Waals surface area contributed by atoms with Crippen molar-refractivity contribution < 1.29 is 13.3 Å². The van der Waals surface area contributed by atoms with Gasteiger partial charge in [-0.2, -0.15) is 11.8 Å². The van der Waals surface area contributed by atoms with Gasteiger partial charge in [0.15, 0.2) is 4.90 Å². The van der Waals surface area contributed by atoms with E-state index >= 15 is 0 Å². The Morgan fingerprint density at radius 1 is 1.48 bits per heavy atom. The number of rotatable bonds is 6. The molecule has 0 amide bonds. The van der Waals surface area contributed by atoms with Crippen LogP contribution in [0.25, 0.3) is 0 Å². The molecule has 21 heavy (non-hydrogen) atoms. The van der Waals surface area contributed by atoms with E-state index in [1.165, 1.54) is 18.2 Å². The first-order chi connectivity index (χ1) is 9.94. The molecular weight excluding hydrogens is 314 g/mol. The fourth-order valence-corrected chi connectivity index (χ4v) is 4.67. The van der Waals surface area contributed by atoms with Crippen molar-refractivity contribution in [2.45, 2.75) is 23.0 Å². The molecule has 9 heteroatoms. The summed E-state index contributed by atoms with van der Waals surface area (Å²) in [5, 5.41) is 14.1. The van der Waals surface area contributed by atoms with Gasteiger partial charge in [-0.1, -0.05) is 0 Å². The van der Waals surface area contributed by atoms with Crippen molar-refractivity contribution in [2.24, 2.45) is 0 Å². The smallest absolute Gasteiger partial charge is 0.291 e. The second-order valence-electron chi connectivity index (χ2n) is 4.68. The molecule has 0 saturated carbocycles. The summed E-state index contributed by atoms with van der Waals surface area (Å²) in [6, 6.07) is 3.98. The van der Waals surface area contributed by atoms with Crippen LogP contribution in [0.5, 0.6) is 0 Å². The molecule has 1 aliphatic rings. The van der Waals surface area contributed by atoms with Crippen LogP contribution in [0.4, 0.5) is 11.4 Å². The number of sulfonamides is 1. The zero-order chi connectivity index (χ0) is 15.5. The fraction of sp³-hybridized carbons (Fsp3) is 0.500. The maximum atomic E-state index is 12.3. The van der Waals surface area contributed by atoms with E-state index < -0.39 is 20.6 Å². The maximum absolute atomic E-state index is 12.3. The molecule has 0 bridgehead atoms. The van der Waals surface area contributed by atoms with Crippen LogP contribution in [-0.4, -0.2) is 37.9 Å². The van der Waals surface area contributed by atoms with Crippen LogP contribution in [0, 0.1) is 10.1 Å². The van der Waals surface area contributed by atoms with E-state index in [1.807, 2.05) is 0 Å². The third-order valence-electron chi connectivity index (χ3n) is 3.26. The Balaban J connectivity index is 2.23. The van der Waals surface area contributed by atoms with Gasteiger partial charge in [0.25, 0.3) is 5.69 Å². The SMILES string of the molecule is CNc1ccc(S(=O)(=O)NCC2CCCS2)c([N+](=O)[O-])c1. The number of nitro groups is 1. The molecule has 1 aromatic carbocycles. The maximum Gasteiger partial charge on any atom is 0.291 e. The van der Waals surface area contributed by atoms with Crippen LogP contribution in [-0.2, 0) is 10.0 Å². The zero-order valence-electron chi connectivity index (χ0n) is 11.5. The van der Waals surface area contributed by atoms with Gasteiger partial charge >= 0.3 is 0 Å². The van der Waals surface area contributed by atoms with Gasteiger partial charge < -0.3 is 5.32 Å². The molecule has 1 atom stereocenters. The standard InChI is InChI=1S/C12H17N3O4S2/c1-13-9-4-5-12(11(7-9)15(16)17)21(18,19)14-8-10-3-2-6-20-10/h4-5,7,10,13-14H,2-3,6,8H2,1H3. The molecule has 2 N–H and O–H groups in total. The lowest BCUT2D eigenvalue weighted by Gasteiger charge is -2.11. The summed E-state index contributed by atoms with van der Waals surface area (Å²) in [5.41, 5.74) is 0.0698. The Kier molecular flexibility index (Phi) is 5.07. The molecule has 1 aromatic rings. The van der Waals surface area contributed by atoms with Crippen molar-refractivity contribution in [3.8, 4) is 0 Å². The average Bonchev–Trinajstić information content (AvgIpc) is 2.98. The van der Waals surface area contributed by atoms with Crippen molar-refractivity contribution in [3.63, 3.8) is 0 Å². The summed E-state index contributed by atoms with van der Waals surface area (Å²) < 4.78 is 27.0. The monoisotopic (exact) mass is 331 g/mol. The lowest BCUT2D eigenvalue weighted by Crippen LogP contribution is -2.30. The summed E-state index contributed by atoms with van der Waals surface area (Å²) in [5.74, 6) is 1.03. The quantitative estimate of drug-likeness (QED) is 0.609. The lowest BCUT2D eigenvalue weighted by molar-refractivity contribution is -0.387. The summed E-state index contributed by atoms with van der Waals surface area (Å²) in [6.45, 7) is 0.304. The average molecular weight is 331 g/mol. The first-order valence-corrected chi connectivity index (χ1v) is 9.04. The summed E-state index contributed by atoms with van der Waals surface area (Å²) in [4.78, 5) is 10.1. The van der Waals surface area contributed by atoms with Gasteiger partial charge in [-0.25, -0.2) is 13.1 Å². The lowest BCUT2D eigenvalue weighted by atomic mass is 10.2. The van der Waals surface area contributed by atoms with Crippen LogP contribution in [0.3, 0.4) is 0 Å². The van der Waals surface area contributed by atoms with E-state index in [0.717, 1.165) is 18.6 Å². The number of anilines is 1. The van der Waals surface area contributed by atoms with Crippen LogP contribution in [0.1, 0.15) is 12.8 Å². The topological polar surface area (TPSA) is 101 Å². The third-order valence-corrected chi connectivity index (χ3v) is 6.13. The minimum atomic E-state index is -3.88. The zero-order valence-corrected chi connectivity index (χ0v) is 13.2. The van der Waals surface area contributed by atoms with Crippen molar-refractivity contribution in [1.29, 1.82) is 0 Å². The van der Waals surface area contributed by atoms with Crippen LogP contribution in [0.15, 0.2) is 23.1 Å². The van der Waals surface area contributed by atoms with Crippen LogP contribution >= 0.6 is 11.8 Å². The highest BCUT2D eigenvalue weighted by Gasteiger charge is 2.27. The van der Waals surface area contributed by atoms with Crippen molar-refractivity contribution in [3.05, 3.63) is 28.3 Å². The van der Waals surface area contributed by atoms with E-state index in [-0.39, 0.29) is 10.1 Å². The van der Waals surface area contributed by atoms with Gasteiger partial charge in [-0.3, -0.25) is 10.1 Å². The summed E-state index contributed by atoms with van der Waals surface area (Å²) >= 11 is 1.72. The minimum Gasteiger partial charge on any atom is -0.388 e. The van der Waals surface area contributed by atoms with Crippen LogP contribution in [0.2, 0.25) is 0 Å². The molecule has 7 nitrogen and oxygen atoms in total. The Labute approximate surface area is 127 Å². The van der Waals surface area contributed by atoms with Crippen LogP contribution < -0.4 is 10.0 Å². The van der Waals surface area contributed by atoms with Gasteiger partial charge in [0.2, 0.25) is 10.0 Å². The predicted molar refractivity (Wildman–Crippen MR) is 83.3 cm³/mol. The first-order valence-electron chi connectivity index (χ1n) is 6.51. The molecular formula is C12H17N3O4S2.